The first-order valence-corrected chi connectivity index (χ1v) is 5.44. The fourth-order valence-corrected chi connectivity index (χ4v) is 2.06. The second-order valence-corrected chi connectivity index (χ2v) is 4.52. The van der Waals surface area contributed by atoms with Crippen LogP contribution in [-0.4, -0.2) is 24.0 Å². The molecule has 0 unspecified atom stereocenters. The van der Waals surface area contributed by atoms with Gasteiger partial charge < -0.3 is 4.90 Å². The fraction of sp³-hybridized carbons (Fsp3) is 1.00. The van der Waals surface area contributed by atoms with E-state index in [0.29, 0.717) is 0 Å². The quantitative estimate of drug-likeness (QED) is 0.583. The monoisotopic (exact) mass is 169 g/mol. The second kappa shape index (κ2) is 4.86. The van der Waals surface area contributed by atoms with Gasteiger partial charge in [0, 0.05) is 6.04 Å². The molecule has 72 valence electrons. The Labute approximate surface area is 77.1 Å². The Morgan fingerprint density at radius 1 is 1.08 bits per heavy atom. The molecule has 0 aromatic heterocycles. The third kappa shape index (κ3) is 3.14. The number of hydrogen-bond donors (Lipinski definition) is 0. The summed E-state index contributed by atoms with van der Waals surface area (Å²) in [5.41, 5.74) is 0. The average Bonchev–Trinajstić information content (AvgIpc) is 1.95. The maximum atomic E-state index is 2.62. The summed E-state index contributed by atoms with van der Waals surface area (Å²) in [7, 11) is 0. The van der Waals surface area contributed by atoms with Crippen molar-refractivity contribution in [3.63, 3.8) is 0 Å². The highest BCUT2D eigenvalue weighted by atomic mass is 15.1. The molecule has 0 saturated carbocycles. The summed E-state index contributed by atoms with van der Waals surface area (Å²) in [6.45, 7) is 9.66. The van der Waals surface area contributed by atoms with Gasteiger partial charge in [-0.1, -0.05) is 6.92 Å². The first-order chi connectivity index (χ1) is 5.70. The van der Waals surface area contributed by atoms with Gasteiger partial charge in [0.25, 0.3) is 0 Å². The third-order valence-corrected chi connectivity index (χ3v) is 3.01. The van der Waals surface area contributed by atoms with E-state index in [9.17, 15) is 0 Å². The van der Waals surface area contributed by atoms with Crippen LogP contribution in [0.3, 0.4) is 0 Å². The molecule has 0 aromatic carbocycles. The summed E-state index contributed by atoms with van der Waals surface area (Å²) >= 11 is 0. The van der Waals surface area contributed by atoms with Gasteiger partial charge in [-0.15, -0.1) is 0 Å². The van der Waals surface area contributed by atoms with E-state index in [0.717, 1.165) is 12.0 Å². The lowest BCUT2D eigenvalue weighted by molar-refractivity contribution is 0.189. The topological polar surface area (TPSA) is 3.24 Å². The Bertz CT molecular complexity index is 110. The van der Waals surface area contributed by atoms with Crippen LogP contribution in [0.1, 0.15) is 46.5 Å². The average molecular weight is 169 g/mol. The molecule has 0 aliphatic carbocycles. The predicted molar refractivity (Wildman–Crippen MR) is 54.3 cm³/mol. The molecule has 0 spiro atoms. The molecule has 1 rings (SSSR count). The van der Waals surface area contributed by atoms with Crippen molar-refractivity contribution < 1.29 is 0 Å². The van der Waals surface area contributed by atoms with Gasteiger partial charge in [0.1, 0.15) is 0 Å². The van der Waals surface area contributed by atoms with Gasteiger partial charge in [-0.25, -0.2) is 0 Å². The van der Waals surface area contributed by atoms with E-state index in [1.807, 2.05) is 0 Å². The normalized spacial score (nSPS) is 24.0. The zero-order valence-corrected chi connectivity index (χ0v) is 8.84. The van der Waals surface area contributed by atoms with Gasteiger partial charge in [0.05, 0.1) is 0 Å². The maximum absolute atomic E-state index is 2.62. The van der Waals surface area contributed by atoms with Crippen molar-refractivity contribution in [2.45, 2.75) is 52.5 Å². The van der Waals surface area contributed by atoms with Crippen molar-refractivity contribution in [2.24, 2.45) is 5.92 Å². The van der Waals surface area contributed by atoms with E-state index in [4.69, 9.17) is 0 Å². The molecule has 0 radical (unpaired) electrons. The largest absolute Gasteiger partial charge is 0.301 e. The van der Waals surface area contributed by atoms with Crippen molar-refractivity contribution in [3.05, 3.63) is 0 Å². The lowest BCUT2D eigenvalue weighted by Gasteiger charge is -2.29. The molecule has 1 saturated heterocycles. The third-order valence-electron chi connectivity index (χ3n) is 3.01. The predicted octanol–water partition coefficient (Wildman–Crippen LogP) is 2.91. The molecule has 0 bridgehead atoms. The van der Waals surface area contributed by atoms with E-state index in [2.05, 4.69) is 25.7 Å². The van der Waals surface area contributed by atoms with E-state index >= 15 is 0 Å². The highest BCUT2D eigenvalue weighted by Crippen LogP contribution is 2.17. The molecular formula is C11H23N. The molecule has 1 aliphatic rings. The molecule has 0 N–H and O–H groups in total. The number of hydrogen-bond acceptors (Lipinski definition) is 1. The number of likely N-dealkylation sites (tertiary alicyclic amines) is 1. The summed E-state index contributed by atoms with van der Waals surface area (Å²) in [6.07, 6.45) is 5.67. The van der Waals surface area contributed by atoms with E-state index in [1.165, 1.54) is 38.8 Å². The minimum absolute atomic E-state index is 0.749. The Morgan fingerprint density at radius 3 is 2.00 bits per heavy atom. The number of rotatable bonds is 1. The van der Waals surface area contributed by atoms with Crippen molar-refractivity contribution in [1.82, 2.24) is 4.90 Å². The molecule has 1 heteroatoms. The van der Waals surface area contributed by atoms with Gasteiger partial charge in [-0.05, 0) is 58.5 Å². The van der Waals surface area contributed by atoms with Gasteiger partial charge in [0.2, 0.25) is 0 Å². The fourth-order valence-electron chi connectivity index (χ4n) is 2.06. The van der Waals surface area contributed by atoms with Gasteiger partial charge in [-0.2, -0.15) is 0 Å². The van der Waals surface area contributed by atoms with Crippen molar-refractivity contribution in [3.8, 4) is 0 Å². The van der Waals surface area contributed by atoms with Gasteiger partial charge >= 0.3 is 0 Å². The number of nitrogens with zero attached hydrogens (tertiary/aromatic N) is 1. The van der Waals surface area contributed by atoms with Crippen LogP contribution in [0.15, 0.2) is 0 Å². The van der Waals surface area contributed by atoms with Crippen LogP contribution in [0.25, 0.3) is 0 Å². The molecule has 12 heavy (non-hydrogen) atoms. The first-order valence-electron chi connectivity index (χ1n) is 5.44. The first kappa shape index (κ1) is 10.0. The van der Waals surface area contributed by atoms with Crippen LogP contribution in [0.5, 0.6) is 0 Å². The van der Waals surface area contributed by atoms with Crippen LogP contribution in [0.4, 0.5) is 0 Å². The molecule has 1 fully saturated rings. The van der Waals surface area contributed by atoms with Crippen LogP contribution >= 0.6 is 0 Å². The highest BCUT2D eigenvalue weighted by molar-refractivity contribution is 4.68. The minimum atomic E-state index is 0.749. The van der Waals surface area contributed by atoms with Crippen LogP contribution in [-0.2, 0) is 0 Å². The van der Waals surface area contributed by atoms with E-state index in [-0.39, 0.29) is 0 Å². The lowest BCUT2D eigenvalue weighted by Crippen LogP contribution is -2.34. The van der Waals surface area contributed by atoms with Crippen molar-refractivity contribution in [1.29, 1.82) is 0 Å². The summed E-state index contributed by atoms with van der Waals surface area (Å²) in [4.78, 5) is 2.62. The van der Waals surface area contributed by atoms with Crippen molar-refractivity contribution >= 4 is 0 Å². The minimum Gasteiger partial charge on any atom is -0.301 e. The standard InChI is InChI=1S/C11H23N/c1-10(2)12-8-4-6-11(3)7-5-9-12/h10-11H,4-9H2,1-3H3. The maximum Gasteiger partial charge on any atom is 0.00385 e. The Kier molecular flexibility index (Phi) is 4.07. The lowest BCUT2D eigenvalue weighted by atomic mass is 9.97. The van der Waals surface area contributed by atoms with Crippen LogP contribution < -0.4 is 0 Å². The zero-order chi connectivity index (χ0) is 8.97. The molecule has 1 aliphatic heterocycles. The molecule has 0 amide bonds. The summed E-state index contributed by atoms with van der Waals surface area (Å²) in [5.74, 6) is 0.972. The van der Waals surface area contributed by atoms with Gasteiger partial charge in [-0.3, -0.25) is 0 Å². The molecule has 0 aromatic rings. The Balaban J connectivity index is 2.30. The van der Waals surface area contributed by atoms with Crippen LogP contribution in [0.2, 0.25) is 0 Å². The summed E-state index contributed by atoms with van der Waals surface area (Å²) in [6, 6.07) is 0.749. The molecule has 0 atom stereocenters. The second-order valence-electron chi connectivity index (χ2n) is 4.52. The van der Waals surface area contributed by atoms with Crippen LogP contribution in [0, 0.1) is 5.92 Å². The SMILES string of the molecule is CC1CCCN(C(C)C)CCC1. The Morgan fingerprint density at radius 2 is 1.58 bits per heavy atom. The summed E-state index contributed by atoms with van der Waals surface area (Å²) < 4.78 is 0. The summed E-state index contributed by atoms with van der Waals surface area (Å²) in [5, 5.41) is 0. The molecule has 1 nitrogen and oxygen atoms in total. The highest BCUT2D eigenvalue weighted by Gasteiger charge is 2.13. The van der Waals surface area contributed by atoms with E-state index in [1.54, 1.807) is 0 Å². The van der Waals surface area contributed by atoms with Crippen molar-refractivity contribution in [2.75, 3.05) is 13.1 Å². The molecule has 1 heterocycles. The zero-order valence-electron chi connectivity index (χ0n) is 8.84. The smallest absolute Gasteiger partial charge is 0.00385 e. The van der Waals surface area contributed by atoms with Gasteiger partial charge in [0.15, 0.2) is 0 Å². The Hall–Kier alpha value is -0.0400. The van der Waals surface area contributed by atoms with E-state index < -0.39 is 0 Å². The molecular weight excluding hydrogens is 146 g/mol.